The molecule has 1 fully saturated rings. The van der Waals surface area contributed by atoms with Gasteiger partial charge in [0.2, 0.25) is 0 Å². The minimum absolute atomic E-state index is 0.0187. The van der Waals surface area contributed by atoms with Crippen LogP contribution in [0.4, 0.5) is 11.4 Å². The summed E-state index contributed by atoms with van der Waals surface area (Å²) in [4.78, 5) is 29.0. The maximum atomic E-state index is 13.2. The number of hydrogen-bond acceptors (Lipinski definition) is 6. The molecular formula is C21H20BrN3O4S. The van der Waals surface area contributed by atoms with E-state index in [-0.39, 0.29) is 10.7 Å². The molecule has 0 aromatic heterocycles. The van der Waals surface area contributed by atoms with Crippen LogP contribution in [0, 0.1) is 0 Å². The molecule has 0 spiro atoms. The number of carbonyl (C=O) groups is 2. The molecule has 0 atom stereocenters. The van der Waals surface area contributed by atoms with Crippen molar-refractivity contribution >= 4 is 62.5 Å². The van der Waals surface area contributed by atoms with Crippen molar-refractivity contribution in [3.05, 3.63) is 52.0 Å². The number of methoxy groups -OCH3 is 2. The number of rotatable bonds is 5. The first kappa shape index (κ1) is 21.8. The molecule has 0 unspecified atom stereocenters. The number of thiocarbonyl (C=S) groups is 1. The van der Waals surface area contributed by atoms with Crippen molar-refractivity contribution in [3.63, 3.8) is 0 Å². The predicted octanol–water partition coefficient (Wildman–Crippen LogP) is 3.36. The second kappa shape index (κ2) is 8.85. The smallest absolute Gasteiger partial charge is 0.270 e. The van der Waals surface area contributed by atoms with Gasteiger partial charge in [-0.1, -0.05) is 6.07 Å². The molecule has 0 aliphatic carbocycles. The average molecular weight is 490 g/mol. The summed E-state index contributed by atoms with van der Waals surface area (Å²) in [6.07, 6.45) is 1.53. The predicted molar refractivity (Wildman–Crippen MR) is 124 cm³/mol. The molecule has 0 bridgehead atoms. The van der Waals surface area contributed by atoms with Gasteiger partial charge in [0, 0.05) is 24.6 Å². The number of ether oxygens (including phenoxy) is 2. The molecule has 0 saturated carbocycles. The van der Waals surface area contributed by atoms with Crippen LogP contribution in [0.15, 0.2) is 46.4 Å². The first-order valence-corrected chi connectivity index (χ1v) is 10.1. The average Bonchev–Trinajstić information content (AvgIpc) is 2.70. The maximum Gasteiger partial charge on any atom is 0.270 e. The van der Waals surface area contributed by atoms with Gasteiger partial charge in [-0.05, 0) is 64.1 Å². The zero-order valence-corrected chi connectivity index (χ0v) is 19.3. The third-order valence-corrected chi connectivity index (χ3v) is 5.41. The standard InChI is InChI=1S/C21H20BrN3O4S/c1-24(2)16-7-5-12(10-15(16)22)9-14-19(26)23-21(30)25(20(14)27)17-8-6-13(28-3)11-18(17)29-4/h5-11H,1-4H3,(H,23,26,30)/b14-9-. The molecule has 1 heterocycles. The van der Waals surface area contributed by atoms with Crippen LogP contribution in [0.25, 0.3) is 6.08 Å². The fraction of sp³-hybridized carbons (Fsp3) is 0.190. The summed E-state index contributed by atoms with van der Waals surface area (Å²) in [5.74, 6) is -0.142. The highest BCUT2D eigenvalue weighted by Gasteiger charge is 2.36. The van der Waals surface area contributed by atoms with E-state index in [2.05, 4.69) is 21.2 Å². The van der Waals surface area contributed by atoms with Crippen molar-refractivity contribution in [2.24, 2.45) is 0 Å². The van der Waals surface area contributed by atoms with E-state index in [4.69, 9.17) is 21.7 Å². The number of carbonyl (C=O) groups excluding carboxylic acids is 2. The summed E-state index contributed by atoms with van der Waals surface area (Å²) in [5.41, 5.74) is 2.04. The Labute approximate surface area is 188 Å². The van der Waals surface area contributed by atoms with Crippen LogP contribution < -0.4 is 24.6 Å². The lowest BCUT2D eigenvalue weighted by atomic mass is 10.1. The maximum absolute atomic E-state index is 13.2. The van der Waals surface area contributed by atoms with Crippen LogP contribution in [0.1, 0.15) is 5.56 Å². The highest BCUT2D eigenvalue weighted by molar-refractivity contribution is 9.10. The van der Waals surface area contributed by atoms with E-state index in [1.807, 2.05) is 37.2 Å². The minimum Gasteiger partial charge on any atom is -0.497 e. The largest absolute Gasteiger partial charge is 0.497 e. The van der Waals surface area contributed by atoms with Crippen LogP contribution in [-0.2, 0) is 9.59 Å². The lowest BCUT2D eigenvalue weighted by Crippen LogP contribution is -2.54. The van der Waals surface area contributed by atoms with E-state index in [1.165, 1.54) is 25.2 Å². The fourth-order valence-electron chi connectivity index (χ4n) is 2.99. The van der Waals surface area contributed by atoms with Gasteiger partial charge >= 0.3 is 0 Å². The number of nitrogens with zero attached hydrogens (tertiary/aromatic N) is 2. The van der Waals surface area contributed by atoms with Gasteiger partial charge in [0.05, 0.1) is 25.6 Å². The van der Waals surface area contributed by atoms with Gasteiger partial charge in [-0.25, -0.2) is 4.90 Å². The Bertz CT molecular complexity index is 1070. The van der Waals surface area contributed by atoms with Crippen molar-refractivity contribution in [3.8, 4) is 11.5 Å². The molecular weight excluding hydrogens is 470 g/mol. The van der Waals surface area contributed by atoms with E-state index in [0.29, 0.717) is 22.7 Å². The van der Waals surface area contributed by atoms with E-state index < -0.39 is 11.8 Å². The number of anilines is 2. The zero-order valence-electron chi connectivity index (χ0n) is 16.9. The van der Waals surface area contributed by atoms with Crippen LogP contribution in [0.3, 0.4) is 0 Å². The molecule has 156 valence electrons. The van der Waals surface area contributed by atoms with Gasteiger partial charge in [0.1, 0.15) is 17.1 Å². The number of halogens is 1. The SMILES string of the molecule is COc1ccc(N2C(=O)/C(=C\c3ccc(N(C)C)c(Br)c3)C(=O)NC2=S)c(OC)c1. The zero-order chi connectivity index (χ0) is 22.0. The number of amides is 2. The Morgan fingerprint density at radius 2 is 1.83 bits per heavy atom. The molecule has 3 rings (SSSR count). The molecule has 2 aromatic carbocycles. The molecule has 2 amide bonds. The molecule has 1 aliphatic rings. The van der Waals surface area contributed by atoms with Crippen molar-refractivity contribution in [1.29, 1.82) is 0 Å². The number of hydrogen-bond donors (Lipinski definition) is 1. The summed E-state index contributed by atoms with van der Waals surface area (Å²) in [7, 11) is 6.87. The Kier molecular flexibility index (Phi) is 6.42. The van der Waals surface area contributed by atoms with Crippen LogP contribution >= 0.6 is 28.1 Å². The molecule has 2 aromatic rings. The van der Waals surface area contributed by atoms with Crippen molar-refractivity contribution in [2.45, 2.75) is 0 Å². The van der Waals surface area contributed by atoms with Gasteiger partial charge in [-0.15, -0.1) is 0 Å². The lowest BCUT2D eigenvalue weighted by molar-refractivity contribution is -0.122. The summed E-state index contributed by atoms with van der Waals surface area (Å²) < 4.78 is 11.4. The van der Waals surface area contributed by atoms with Gasteiger partial charge in [0.15, 0.2) is 5.11 Å². The monoisotopic (exact) mass is 489 g/mol. The number of nitrogens with one attached hydrogen (secondary N) is 1. The molecule has 7 nitrogen and oxygen atoms in total. The van der Waals surface area contributed by atoms with E-state index in [0.717, 1.165) is 10.2 Å². The summed E-state index contributed by atoms with van der Waals surface area (Å²) in [6.45, 7) is 0. The van der Waals surface area contributed by atoms with Crippen LogP contribution in [0.2, 0.25) is 0 Å². The van der Waals surface area contributed by atoms with Crippen LogP contribution in [0.5, 0.6) is 11.5 Å². The molecule has 1 aliphatic heterocycles. The lowest BCUT2D eigenvalue weighted by Gasteiger charge is -2.30. The van der Waals surface area contributed by atoms with Crippen molar-refractivity contribution in [2.75, 3.05) is 38.1 Å². The Balaban J connectivity index is 2.03. The van der Waals surface area contributed by atoms with Crippen LogP contribution in [-0.4, -0.2) is 45.2 Å². The summed E-state index contributed by atoms with van der Waals surface area (Å²) >= 11 is 8.78. The molecule has 0 radical (unpaired) electrons. The highest BCUT2D eigenvalue weighted by Crippen LogP contribution is 2.34. The fourth-order valence-corrected chi connectivity index (χ4v) is 4.01. The summed E-state index contributed by atoms with van der Waals surface area (Å²) in [5, 5.41) is 2.56. The Morgan fingerprint density at radius 3 is 2.43 bits per heavy atom. The van der Waals surface area contributed by atoms with Gasteiger partial charge in [-0.2, -0.15) is 0 Å². The van der Waals surface area contributed by atoms with Gasteiger partial charge in [-0.3, -0.25) is 14.9 Å². The first-order valence-electron chi connectivity index (χ1n) is 8.87. The molecule has 1 saturated heterocycles. The van der Waals surface area contributed by atoms with Crippen molar-refractivity contribution in [1.82, 2.24) is 5.32 Å². The summed E-state index contributed by atoms with van der Waals surface area (Å²) in [6, 6.07) is 10.6. The Morgan fingerprint density at radius 1 is 1.10 bits per heavy atom. The second-order valence-corrected chi connectivity index (χ2v) is 7.84. The molecule has 30 heavy (non-hydrogen) atoms. The second-order valence-electron chi connectivity index (χ2n) is 6.60. The molecule has 1 N–H and O–H groups in total. The Hall–Kier alpha value is -2.91. The molecule has 9 heteroatoms. The first-order chi connectivity index (χ1) is 14.3. The van der Waals surface area contributed by atoms with E-state index >= 15 is 0 Å². The topological polar surface area (TPSA) is 71.1 Å². The third-order valence-electron chi connectivity index (χ3n) is 4.49. The number of benzene rings is 2. The third kappa shape index (κ3) is 4.17. The minimum atomic E-state index is -0.554. The van der Waals surface area contributed by atoms with Gasteiger partial charge in [0.25, 0.3) is 11.8 Å². The highest BCUT2D eigenvalue weighted by atomic mass is 79.9. The van der Waals surface area contributed by atoms with E-state index in [1.54, 1.807) is 18.2 Å². The quantitative estimate of drug-likeness (QED) is 0.394. The van der Waals surface area contributed by atoms with E-state index in [9.17, 15) is 9.59 Å². The normalized spacial score (nSPS) is 15.3. The van der Waals surface area contributed by atoms with Crippen molar-refractivity contribution < 1.29 is 19.1 Å². The van der Waals surface area contributed by atoms with Gasteiger partial charge < -0.3 is 14.4 Å².